The second-order valence-corrected chi connectivity index (χ2v) is 7.97. The maximum absolute atomic E-state index is 12.7. The number of ether oxygens (including phenoxy) is 1. The van der Waals surface area contributed by atoms with Crippen LogP contribution in [0.1, 0.15) is 44.6 Å². The van der Waals surface area contributed by atoms with Crippen molar-refractivity contribution in [1.82, 2.24) is 10.3 Å². The number of aromatic nitrogens is 1. The van der Waals surface area contributed by atoms with E-state index in [4.69, 9.17) is 27.9 Å². The summed E-state index contributed by atoms with van der Waals surface area (Å²) in [6.07, 6.45) is 2.05. The summed E-state index contributed by atoms with van der Waals surface area (Å²) >= 11 is 12.9. The van der Waals surface area contributed by atoms with Crippen molar-refractivity contribution in [3.8, 4) is 11.5 Å². The number of rotatable bonds is 3. The van der Waals surface area contributed by atoms with E-state index in [2.05, 4.69) is 10.3 Å². The minimum Gasteiger partial charge on any atom is -0.503 e. The zero-order chi connectivity index (χ0) is 18.9. The minimum absolute atomic E-state index is 0.00751. The van der Waals surface area contributed by atoms with E-state index in [1.807, 2.05) is 27.7 Å². The number of nitrogens with zero attached hydrogens (tertiary/aromatic N) is 1. The summed E-state index contributed by atoms with van der Waals surface area (Å²) in [6, 6.07) is 1.32. The molecule has 2 N–H and O–H groups in total. The topological polar surface area (TPSA) is 71.5 Å². The molecule has 5 nitrogen and oxygen atoms in total. The van der Waals surface area contributed by atoms with Gasteiger partial charge in [0.05, 0.1) is 7.11 Å². The molecule has 1 aliphatic rings. The zero-order valence-corrected chi connectivity index (χ0v) is 16.6. The predicted octanol–water partition coefficient (Wildman–Crippen LogP) is 4.29. The van der Waals surface area contributed by atoms with Gasteiger partial charge in [-0.2, -0.15) is 0 Å². The smallest absolute Gasteiger partial charge is 0.274 e. The Balaban J connectivity index is 2.29. The average molecular weight is 387 g/mol. The molecule has 3 atom stereocenters. The fourth-order valence-electron chi connectivity index (χ4n) is 3.11. The lowest BCUT2D eigenvalue weighted by molar-refractivity contribution is 0.0898. The van der Waals surface area contributed by atoms with E-state index in [1.54, 1.807) is 0 Å². The number of methoxy groups -OCH3 is 1. The van der Waals surface area contributed by atoms with E-state index >= 15 is 0 Å². The van der Waals surface area contributed by atoms with Crippen LogP contribution in [0.4, 0.5) is 0 Å². The molecule has 3 unspecified atom stereocenters. The Hall–Kier alpha value is -1.46. The molecule has 1 aromatic rings. The van der Waals surface area contributed by atoms with Gasteiger partial charge in [-0.05, 0) is 18.3 Å². The van der Waals surface area contributed by atoms with Crippen LogP contribution in [0.25, 0.3) is 0 Å². The van der Waals surface area contributed by atoms with Crippen molar-refractivity contribution in [2.75, 3.05) is 7.11 Å². The van der Waals surface area contributed by atoms with Crippen molar-refractivity contribution in [2.45, 2.75) is 40.2 Å². The number of allylic oxidation sites excluding steroid dienone is 2. The molecular formula is C18H24Cl2N2O3. The molecule has 1 amide bonds. The molecule has 0 bridgehead atoms. The number of carbonyl (C=O) groups excluding carboxylic acids is 1. The first-order valence-corrected chi connectivity index (χ1v) is 8.94. The molecule has 138 valence electrons. The lowest BCUT2D eigenvalue weighted by Gasteiger charge is -2.31. The van der Waals surface area contributed by atoms with Crippen LogP contribution in [0.5, 0.6) is 11.5 Å². The average Bonchev–Trinajstić information content (AvgIpc) is 2.62. The highest BCUT2D eigenvalue weighted by molar-refractivity contribution is 6.39. The van der Waals surface area contributed by atoms with E-state index in [0.717, 1.165) is 0 Å². The molecule has 7 heteroatoms. The van der Waals surface area contributed by atoms with E-state index in [0.29, 0.717) is 16.5 Å². The number of pyridine rings is 1. The standard InChI is InChI=1S/C18H24Cl2N2O3/c1-9-10(2)13(19)16(20)18(3,4)8-11(9)22-17(24)14-15(23)12(25-5)6-7-21-14/h6-7,9-11,23H,8H2,1-5H3,(H,22,24). The Morgan fingerprint density at radius 1 is 1.40 bits per heavy atom. The van der Waals surface area contributed by atoms with Gasteiger partial charge >= 0.3 is 0 Å². The van der Waals surface area contributed by atoms with Crippen LogP contribution in [0, 0.1) is 17.3 Å². The van der Waals surface area contributed by atoms with Crippen LogP contribution in [0.15, 0.2) is 22.3 Å². The molecule has 0 spiro atoms. The van der Waals surface area contributed by atoms with Crippen molar-refractivity contribution in [3.63, 3.8) is 0 Å². The summed E-state index contributed by atoms with van der Waals surface area (Å²) in [4.78, 5) is 16.7. The number of nitrogens with one attached hydrogen (secondary N) is 1. The first-order valence-electron chi connectivity index (χ1n) is 8.18. The molecule has 2 rings (SSSR count). The van der Waals surface area contributed by atoms with Crippen molar-refractivity contribution >= 4 is 29.1 Å². The van der Waals surface area contributed by atoms with Gasteiger partial charge in [0.25, 0.3) is 5.91 Å². The lowest BCUT2D eigenvalue weighted by Crippen LogP contribution is -2.43. The number of hydrogen-bond donors (Lipinski definition) is 2. The van der Waals surface area contributed by atoms with E-state index < -0.39 is 5.91 Å². The summed E-state index contributed by atoms with van der Waals surface area (Å²) in [5.41, 5.74) is -0.425. The Kier molecular flexibility index (Phi) is 5.89. The number of aromatic hydroxyl groups is 1. The lowest BCUT2D eigenvalue weighted by atomic mass is 9.82. The molecule has 1 aromatic heterocycles. The molecule has 25 heavy (non-hydrogen) atoms. The van der Waals surface area contributed by atoms with Crippen LogP contribution >= 0.6 is 23.2 Å². The summed E-state index contributed by atoms with van der Waals surface area (Å²) in [5.74, 6) is -0.445. The second kappa shape index (κ2) is 7.42. The van der Waals surface area contributed by atoms with Gasteiger partial charge in [0.15, 0.2) is 17.2 Å². The fourth-order valence-corrected chi connectivity index (χ4v) is 3.82. The van der Waals surface area contributed by atoms with E-state index in [1.165, 1.54) is 19.4 Å². The van der Waals surface area contributed by atoms with Crippen molar-refractivity contribution in [3.05, 3.63) is 28.0 Å². The predicted molar refractivity (Wildman–Crippen MR) is 99.2 cm³/mol. The third kappa shape index (κ3) is 3.87. The Morgan fingerprint density at radius 3 is 2.64 bits per heavy atom. The molecule has 0 saturated carbocycles. The normalized spacial score (nSPS) is 26.1. The molecule has 0 fully saturated rings. The molecule has 0 saturated heterocycles. The van der Waals surface area contributed by atoms with Crippen molar-refractivity contribution in [1.29, 1.82) is 0 Å². The zero-order valence-electron chi connectivity index (χ0n) is 15.1. The molecule has 0 aliphatic heterocycles. The maximum atomic E-state index is 12.7. The number of carbonyl (C=O) groups is 1. The highest BCUT2D eigenvalue weighted by Gasteiger charge is 2.39. The number of hydrogen-bond acceptors (Lipinski definition) is 4. The van der Waals surface area contributed by atoms with Crippen molar-refractivity contribution in [2.24, 2.45) is 17.3 Å². The Bertz CT molecular complexity index is 704. The van der Waals surface area contributed by atoms with Gasteiger partial charge < -0.3 is 15.2 Å². The maximum Gasteiger partial charge on any atom is 0.274 e. The van der Waals surface area contributed by atoms with Gasteiger partial charge in [0, 0.05) is 33.8 Å². The molecular weight excluding hydrogens is 363 g/mol. The molecule has 0 radical (unpaired) electrons. The molecule has 1 heterocycles. The molecule has 0 aromatic carbocycles. The largest absolute Gasteiger partial charge is 0.503 e. The van der Waals surface area contributed by atoms with Crippen LogP contribution < -0.4 is 10.1 Å². The van der Waals surface area contributed by atoms with Crippen LogP contribution in [0.2, 0.25) is 0 Å². The van der Waals surface area contributed by atoms with Crippen LogP contribution in [-0.2, 0) is 0 Å². The number of halogens is 2. The second-order valence-electron chi connectivity index (χ2n) is 7.19. The summed E-state index contributed by atoms with van der Waals surface area (Å²) in [7, 11) is 1.42. The quantitative estimate of drug-likeness (QED) is 0.812. The van der Waals surface area contributed by atoms with E-state index in [-0.39, 0.29) is 40.5 Å². The first-order chi connectivity index (χ1) is 11.6. The van der Waals surface area contributed by atoms with Crippen molar-refractivity contribution < 1.29 is 14.6 Å². The van der Waals surface area contributed by atoms with Gasteiger partial charge in [-0.1, -0.05) is 50.9 Å². The van der Waals surface area contributed by atoms with Crippen LogP contribution in [0.3, 0.4) is 0 Å². The summed E-state index contributed by atoms with van der Waals surface area (Å²) in [5, 5.41) is 14.4. The first kappa shape index (κ1) is 19.9. The minimum atomic E-state index is -0.453. The summed E-state index contributed by atoms with van der Waals surface area (Å²) < 4.78 is 5.03. The van der Waals surface area contributed by atoms with Gasteiger partial charge in [0.2, 0.25) is 0 Å². The third-order valence-corrected chi connectivity index (χ3v) is 6.34. The SMILES string of the molecule is COc1ccnc(C(=O)NC2CC(C)(C)C(Cl)=C(Cl)C(C)C2C)c1O. The van der Waals surface area contributed by atoms with Crippen LogP contribution in [-0.4, -0.2) is 29.1 Å². The van der Waals surface area contributed by atoms with E-state index in [9.17, 15) is 9.90 Å². The van der Waals surface area contributed by atoms with Gasteiger partial charge in [0.1, 0.15) is 0 Å². The summed E-state index contributed by atoms with van der Waals surface area (Å²) in [6.45, 7) is 8.03. The monoisotopic (exact) mass is 386 g/mol. The fraction of sp³-hybridized carbons (Fsp3) is 0.556. The third-order valence-electron chi connectivity index (χ3n) is 5.00. The molecule has 1 aliphatic carbocycles. The van der Waals surface area contributed by atoms with Gasteiger partial charge in [-0.3, -0.25) is 4.79 Å². The Labute approximate surface area is 158 Å². The number of amides is 1. The van der Waals surface area contributed by atoms with Gasteiger partial charge in [-0.25, -0.2) is 4.98 Å². The highest BCUT2D eigenvalue weighted by atomic mass is 35.5. The van der Waals surface area contributed by atoms with Gasteiger partial charge in [-0.15, -0.1) is 0 Å². The Morgan fingerprint density at radius 2 is 2.04 bits per heavy atom. The highest BCUT2D eigenvalue weighted by Crippen LogP contribution is 2.46.